The number of thiazole rings is 1. The monoisotopic (exact) mass is 259 g/mol. The van der Waals surface area contributed by atoms with Crippen LogP contribution < -0.4 is 10.1 Å². The molecule has 0 aliphatic rings. The lowest BCUT2D eigenvalue weighted by Crippen LogP contribution is -2.06. The molecule has 2 aromatic rings. The number of hydrogen-bond donors (Lipinski definition) is 1. The topological polar surface area (TPSA) is 57.9 Å². The van der Waals surface area contributed by atoms with Crippen LogP contribution in [0.5, 0.6) is 5.75 Å². The molecule has 0 saturated carbocycles. The molecular formula is C13H13N3OS. The van der Waals surface area contributed by atoms with Crippen molar-refractivity contribution < 1.29 is 4.74 Å². The van der Waals surface area contributed by atoms with E-state index in [0.717, 1.165) is 11.4 Å². The lowest BCUT2D eigenvalue weighted by molar-refractivity contribution is 0.368. The second kappa shape index (κ2) is 6.03. The zero-order chi connectivity index (χ0) is 12.8. The molecule has 18 heavy (non-hydrogen) atoms. The number of nitriles is 1. The van der Waals surface area contributed by atoms with Gasteiger partial charge in [0.2, 0.25) is 0 Å². The minimum Gasteiger partial charge on any atom is -0.479 e. The molecule has 0 amide bonds. The van der Waals surface area contributed by atoms with E-state index in [1.54, 1.807) is 11.3 Å². The smallest absolute Gasteiger partial charge is 0.174 e. The third-order valence-electron chi connectivity index (χ3n) is 2.44. The van der Waals surface area contributed by atoms with Gasteiger partial charge in [0.05, 0.1) is 17.2 Å². The Hall–Kier alpha value is -2.06. The predicted molar refractivity (Wildman–Crippen MR) is 71.7 cm³/mol. The molecule has 5 heteroatoms. The standard InChI is InChI=1S/C13H13N3OS/c1-10(13-8-18-9-15-13)16-11-2-4-12(5-3-11)17-7-6-14/h2-5,8-10,16H,7H2,1H3. The summed E-state index contributed by atoms with van der Waals surface area (Å²) in [7, 11) is 0. The van der Waals surface area contributed by atoms with Crippen molar-refractivity contribution in [3.8, 4) is 11.8 Å². The molecule has 1 aromatic carbocycles. The van der Waals surface area contributed by atoms with Gasteiger partial charge in [-0.1, -0.05) is 0 Å². The van der Waals surface area contributed by atoms with Crippen molar-refractivity contribution >= 4 is 17.0 Å². The second-order valence-electron chi connectivity index (χ2n) is 3.75. The number of ether oxygens (including phenoxy) is 1. The Bertz CT molecular complexity index is 516. The molecule has 2 rings (SSSR count). The van der Waals surface area contributed by atoms with Crippen LogP contribution in [0.1, 0.15) is 18.7 Å². The maximum Gasteiger partial charge on any atom is 0.174 e. The summed E-state index contributed by atoms with van der Waals surface area (Å²) in [6.07, 6.45) is 0. The molecule has 1 unspecified atom stereocenters. The summed E-state index contributed by atoms with van der Waals surface area (Å²) in [5, 5.41) is 13.8. The van der Waals surface area contributed by atoms with Crippen LogP contribution in [0.25, 0.3) is 0 Å². The molecule has 0 fully saturated rings. The maximum atomic E-state index is 8.41. The van der Waals surface area contributed by atoms with E-state index in [9.17, 15) is 0 Å². The third-order valence-corrected chi connectivity index (χ3v) is 3.04. The summed E-state index contributed by atoms with van der Waals surface area (Å²) < 4.78 is 5.19. The number of nitrogens with one attached hydrogen (secondary N) is 1. The molecule has 0 bridgehead atoms. The largest absolute Gasteiger partial charge is 0.479 e. The van der Waals surface area contributed by atoms with Gasteiger partial charge < -0.3 is 10.1 Å². The van der Waals surface area contributed by atoms with E-state index in [1.165, 1.54) is 0 Å². The average molecular weight is 259 g/mol. The normalized spacial score (nSPS) is 11.6. The van der Waals surface area contributed by atoms with Gasteiger partial charge in [0, 0.05) is 11.1 Å². The molecule has 4 nitrogen and oxygen atoms in total. The highest BCUT2D eigenvalue weighted by Gasteiger charge is 2.06. The fourth-order valence-corrected chi connectivity index (χ4v) is 2.17. The molecule has 1 heterocycles. The van der Waals surface area contributed by atoms with Crippen molar-refractivity contribution in [2.24, 2.45) is 0 Å². The number of anilines is 1. The van der Waals surface area contributed by atoms with Gasteiger partial charge in [0.15, 0.2) is 6.61 Å². The van der Waals surface area contributed by atoms with E-state index in [4.69, 9.17) is 10.00 Å². The molecule has 0 spiro atoms. The SMILES string of the molecule is CC(Nc1ccc(OCC#N)cc1)c1cscn1. The van der Waals surface area contributed by atoms with Crippen molar-refractivity contribution in [2.75, 3.05) is 11.9 Å². The highest BCUT2D eigenvalue weighted by Crippen LogP contribution is 2.21. The molecule has 0 aliphatic carbocycles. The predicted octanol–water partition coefficient (Wildman–Crippen LogP) is 3.22. The van der Waals surface area contributed by atoms with Crippen molar-refractivity contribution in [1.29, 1.82) is 5.26 Å². The zero-order valence-electron chi connectivity index (χ0n) is 9.96. The Kier molecular flexibility index (Phi) is 4.15. The lowest BCUT2D eigenvalue weighted by atomic mass is 10.2. The van der Waals surface area contributed by atoms with Crippen LogP contribution in [0, 0.1) is 11.3 Å². The quantitative estimate of drug-likeness (QED) is 0.895. The summed E-state index contributed by atoms with van der Waals surface area (Å²) in [6.45, 7) is 2.14. The second-order valence-corrected chi connectivity index (χ2v) is 4.47. The molecular weight excluding hydrogens is 246 g/mol. The van der Waals surface area contributed by atoms with E-state index in [-0.39, 0.29) is 12.6 Å². The summed E-state index contributed by atoms with van der Waals surface area (Å²) in [4.78, 5) is 4.27. The lowest BCUT2D eigenvalue weighted by Gasteiger charge is -2.13. The Balaban J connectivity index is 1.96. The third kappa shape index (κ3) is 3.22. The Morgan fingerprint density at radius 2 is 2.22 bits per heavy atom. The van der Waals surface area contributed by atoms with Crippen LogP contribution in [-0.4, -0.2) is 11.6 Å². The van der Waals surface area contributed by atoms with Crippen LogP contribution >= 0.6 is 11.3 Å². The Morgan fingerprint density at radius 3 is 2.83 bits per heavy atom. The van der Waals surface area contributed by atoms with Crippen LogP contribution in [0.2, 0.25) is 0 Å². The van der Waals surface area contributed by atoms with Crippen LogP contribution in [0.4, 0.5) is 5.69 Å². The van der Waals surface area contributed by atoms with E-state index < -0.39 is 0 Å². The van der Waals surface area contributed by atoms with Crippen LogP contribution in [0.3, 0.4) is 0 Å². The van der Waals surface area contributed by atoms with Crippen molar-refractivity contribution in [3.63, 3.8) is 0 Å². The minimum absolute atomic E-state index is 0.0714. The van der Waals surface area contributed by atoms with Crippen molar-refractivity contribution in [3.05, 3.63) is 40.8 Å². The van der Waals surface area contributed by atoms with Gasteiger partial charge in [0.1, 0.15) is 11.8 Å². The number of nitrogens with zero attached hydrogens (tertiary/aromatic N) is 2. The summed E-state index contributed by atoms with van der Waals surface area (Å²) in [5.74, 6) is 0.698. The average Bonchev–Trinajstić information content (AvgIpc) is 2.92. The summed E-state index contributed by atoms with van der Waals surface area (Å²) >= 11 is 1.59. The number of benzene rings is 1. The van der Waals surface area contributed by atoms with Gasteiger partial charge in [-0.25, -0.2) is 4.98 Å². The number of aromatic nitrogens is 1. The van der Waals surface area contributed by atoms with E-state index >= 15 is 0 Å². The van der Waals surface area contributed by atoms with Gasteiger partial charge in [-0.2, -0.15) is 5.26 Å². The first kappa shape index (κ1) is 12.4. The first-order valence-electron chi connectivity index (χ1n) is 5.54. The van der Waals surface area contributed by atoms with Crippen molar-refractivity contribution in [2.45, 2.75) is 13.0 Å². The Morgan fingerprint density at radius 1 is 1.44 bits per heavy atom. The van der Waals surface area contributed by atoms with Gasteiger partial charge in [-0.3, -0.25) is 0 Å². The molecule has 1 atom stereocenters. The first-order valence-corrected chi connectivity index (χ1v) is 6.48. The van der Waals surface area contributed by atoms with Crippen molar-refractivity contribution in [1.82, 2.24) is 4.98 Å². The van der Waals surface area contributed by atoms with Gasteiger partial charge >= 0.3 is 0 Å². The highest BCUT2D eigenvalue weighted by molar-refractivity contribution is 7.07. The van der Waals surface area contributed by atoms with E-state index in [0.29, 0.717) is 5.75 Å². The molecule has 1 N–H and O–H groups in total. The highest BCUT2D eigenvalue weighted by atomic mass is 32.1. The minimum atomic E-state index is 0.0714. The number of rotatable bonds is 5. The molecule has 0 saturated heterocycles. The van der Waals surface area contributed by atoms with Gasteiger partial charge in [0.25, 0.3) is 0 Å². The fourth-order valence-electron chi connectivity index (χ4n) is 1.52. The number of hydrogen-bond acceptors (Lipinski definition) is 5. The molecule has 92 valence electrons. The van der Waals surface area contributed by atoms with Gasteiger partial charge in [-0.05, 0) is 31.2 Å². The summed E-state index contributed by atoms with van der Waals surface area (Å²) in [6, 6.07) is 9.64. The van der Waals surface area contributed by atoms with Crippen LogP contribution in [0.15, 0.2) is 35.2 Å². The molecule has 1 aromatic heterocycles. The first-order chi connectivity index (χ1) is 8.79. The van der Waals surface area contributed by atoms with E-state index in [1.807, 2.05) is 41.2 Å². The Labute approximate surface area is 110 Å². The van der Waals surface area contributed by atoms with Crippen LogP contribution in [-0.2, 0) is 0 Å². The maximum absolute atomic E-state index is 8.41. The van der Waals surface area contributed by atoms with Gasteiger partial charge in [-0.15, -0.1) is 11.3 Å². The molecule has 0 radical (unpaired) electrons. The summed E-state index contributed by atoms with van der Waals surface area (Å²) in [5.41, 5.74) is 3.86. The molecule has 0 aliphatic heterocycles. The van der Waals surface area contributed by atoms with E-state index in [2.05, 4.69) is 17.2 Å². The fraction of sp³-hybridized carbons (Fsp3) is 0.231. The zero-order valence-corrected chi connectivity index (χ0v) is 10.8.